The van der Waals surface area contributed by atoms with Crippen LogP contribution in [0.25, 0.3) is 0 Å². The Bertz CT molecular complexity index is 640. The number of sulfonamides is 1. The molecule has 0 aromatic heterocycles. The summed E-state index contributed by atoms with van der Waals surface area (Å²) in [6.07, 6.45) is 2.91. The van der Waals surface area contributed by atoms with Crippen LogP contribution in [0.4, 0.5) is 5.69 Å². The molecule has 0 amide bonds. The fraction of sp³-hybridized carbons (Fsp3) is 0.462. The highest BCUT2D eigenvalue weighted by atomic mass is 32.2. The van der Waals surface area contributed by atoms with Crippen LogP contribution in [-0.4, -0.2) is 43.8 Å². The number of anilines is 1. The molecule has 0 saturated heterocycles. The second kappa shape index (κ2) is 6.00. The van der Waals surface area contributed by atoms with E-state index in [9.17, 15) is 23.4 Å². The zero-order valence-corrected chi connectivity index (χ0v) is 12.2. The number of carboxylic acids is 1. The molecule has 0 heterocycles. The van der Waals surface area contributed by atoms with Gasteiger partial charge in [-0.3, -0.25) is 0 Å². The predicted octanol–water partition coefficient (Wildman–Crippen LogP) is 0.383. The van der Waals surface area contributed by atoms with Gasteiger partial charge in [-0.25, -0.2) is 18.4 Å². The van der Waals surface area contributed by atoms with Crippen LogP contribution in [0.1, 0.15) is 29.6 Å². The number of hydrogen-bond donors (Lipinski definition) is 3. The summed E-state index contributed by atoms with van der Waals surface area (Å²) in [4.78, 5) is 13.0. The molecule has 1 aromatic rings. The number of nitrogens with two attached hydrogens (primary N) is 1. The van der Waals surface area contributed by atoms with Crippen LogP contribution in [-0.2, 0) is 10.0 Å². The number of hydrogen-bond acceptors (Lipinski definition) is 5. The van der Waals surface area contributed by atoms with Crippen molar-refractivity contribution in [3.05, 3.63) is 23.8 Å². The van der Waals surface area contributed by atoms with Gasteiger partial charge in [0.15, 0.2) is 0 Å². The maximum Gasteiger partial charge on any atom is 0.337 e. The minimum atomic E-state index is -3.96. The molecule has 1 fully saturated rings. The Balaban J connectivity index is 2.48. The van der Waals surface area contributed by atoms with Crippen molar-refractivity contribution in [2.45, 2.75) is 30.2 Å². The van der Waals surface area contributed by atoms with E-state index >= 15 is 0 Å². The highest BCUT2D eigenvalue weighted by Crippen LogP contribution is 2.32. The number of primary sulfonamides is 1. The van der Waals surface area contributed by atoms with Crippen molar-refractivity contribution in [1.82, 2.24) is 0 Å². The summed E-state index contributed by atoms with van der Waals surface area (Å²) < 4.78 is 22.7. The van der Waals surface area contributed by atoms with Gasteiger partial charge in [-0.2, -0.15) is 0 Å². The van der Waals surface area contributed by atoms with Crippen LogP contribution in [0.15, 0.2) is 23.1 Å². The van der Waals surface area contributed by atoms with Gasteiger partial charge in [-0.05, 0) is 37.5 Å². The third-order valence-electron chi connectivity index (χ3n) is 3.69. The molecule has 0 unspecified atom stereocenters. The number of aliphatic hydroxyl groups excluding tert-OH is 1. The van der Waals surface area contributed by atoms with Crippen molar-refractivity contribution in [2.75, 3.05) is 18.1 Å². The summed E-state index contributed by atoms with van der Waals surface area (Å²) in [7, 11) is -3.96. The molecular weight excluding hydrogens is 296 g/mol. The van der Waals surface area contributed by atoms with E-state index in [-0.39, 0.29) is 23.1 Å². The summed E-state index contributed by atoms with van der Waals surface area (Å²) in [6.45, 7) is 0.201. The maximum atomic E-state index is 11.4. The second-order valence-electron chi connectivity index (χ2n) is 5.03. The van der Waals surface area contributed by atoms with Crippen molar-refractivity contribution < 1.29 is 23.4 Å². The lowest BCUT2D eigenvalue weighted by Crippen LogP contribution is -2.42. The molecule has 8 heteroatoms. The number of rotatable bonds is 6. The Morgan fingerprint density at radius 2 is 2.05 bits per heavy atom. The first-order valence-electron chi connectivity index (χ1n) is 6.62. The molecule has 0 radical (unpaired) electrons. The Labute approximate surface area is 123 Å². The zero-order valence-electron chi connectivity index (χ0n) is 11.4. The minimum Gasteiger partial charge on any atom is -0.478 e. The Kier molecular flexibility index (Phi) is 4.50. The smallest absolute Gasteiger partial charge is 0.337 e. The quantitative estimate of drug-likeness (QED) is 0.698. The fourth-order valence-corrected chi connectivity index (χ4v) is 2.96. The van der Waals surface area contributed by atoms with Crippen LogP contribution in [0.2, 0.25) is 0 Å². The standard InChI is InChI=1S/C13H18N2O5S/c14-21(19,20)10-4-5-12(11(8-10)13(17)18)15(6-7-16)9-2-1-3-9/h4-5,8-9,16H,1-3,6-7H2,(H,17,18)(H2,14,19,20). The summed E-state index contributed by atoms with van der Waals surface area (Å²) in [5, 5.41) is 23.5. The average Bonchev–Trinajstić information content (AvgIpc) is 2.34. The molecule has 1 aliphatic rings. The van der Waals surface area contributed by atoms with E-state index in [4.69, 9.17) is 5.14 Å². The number of nitrogens with zero attached hydrogens (tertiary/aromatic N) is 1. The first-order chi connectivity index (χ1) is 9.84. The monoisotopic (exact) mass is 314 g/mol. The summed E-state index contributed by atoms with van der Waals surface area (Å²) in [6, 6.07) is 3.98. The van der Waals surface area contributed by atoms with Gasteiger partial charge in [0.2, 0.25) is 10.0 Å². The van der Waals surface area contributed by atoms with Crippen LogP contribution >= 0.6 is 0 Å². The van der Waals surface area contributed by atoms with E-state index in [0.717, 1.165) is 25.3 Å². The number of aliphatic hydroxyl groups is 1. The maximum absolute atomic E-state index is 11.4. The normalized spacial score (nSPS) is 15.5. The molecule has 0 atom stereocenters. The van der Waals surface area contributed by atoms with Gasteiger partial charge in [-0.1, -0.05) is 0 Å². The molecule has 0 spiro atoms. The topological polar surface area (TPSA) is 121 Å². The summed E-state index contributed by atoms with van der Waals surface area (Å²) in [5.74, 6) is -1.22. The summed E-state index contributed by atoms with van der Waals surface area (Å²) in [5.41, 5.74) is 0.288. The first-order valence-corrected chi connectivity index (χ1v) is 8.17. The van der Waals surface area contributed by atoms with Gasteiger partial charge in [0.05, 0.1) is 22.8 Å². The van der Waals surface area contributed by atoms with Gasteiger partial charge in [-0.15, -0.1) is 0 Å². The van der Waals surface area contributed by atoms with E-state index in [0.29, 0.717) is 12.2 Å². The largest absolute Gasteiger partial charge is 0.478 e. The molecule has 2 rings (SSSR count). The molecule has 1 aromatic carbocycles. The van der Waals surface area contributed by atoms with Crippen LogP contribution in [0, 0.1) is 0 Å². The van der Waals surface area contributed by atoms with E-state index in [1.165, 1.54) is 12.1 Å². The number of aromatic carboxylic acids is 1. The minimum absolute atomic E-state index is 0.105. The molecule has 116 valence electrons. The number of benzene rings is 1. The molecule has 1 saturated carbocycles. The van der Waals surface area contributed by atoms with Crippen molar-refractivity contribution >= 4 is 21.7 Å². The van der Waals surface area contributed by atoms with Gasteiger partial charge in [0, 0.05) is 12.6 Å². The van der Waals surface area contributed by atoms with Crippen molar-refractivity contribution in [3.63, 3.8) is 0 Å². The predicted molar refractivity (Wildman–Crippen MR) is 76.8 cm³/mol. The molecular formula is C13H18N2O5S. The first kappa shape index (κ1) is 15.7. The third-order valence-corrected chi connectivity index (χ3v) is 4.60. The van der Waals surface area contributed by atoms with E-state index in [1.54, 1.807) is 0 Å². The lowest BCUT2D eigenvalue weighted by atomic mass is 9.90. The lowest BCUT2D eigenvalue weighted by molar-refractivity contribution is 0.0697. The van der Waals surface area contributed by atoms with Crippen molar-refractivity contribution in [3.8, 4) is 0 Å². The zero-order chi connectivity index (χ0) is 15.6. The Morgan fingerprint density at radius 1 is 1.38 bits per heavy atom. The Morgan fingerprint density at radius 3 is 2.48 bits per heavy atom. The van der Waals surface area contributed by atoms with Crippen LogP contribution in [0.3, 0.4) is 0 Å². The highest BCUT2D eigenvalue weighted by molar-refractivity contribution is 7.89. The number of carbonyl (C=O) groups is 1. The van der Waals surface area contributed by atoms with E-state index in [1.807, 2.05) is 4.90 Å². The lowest BCUT2D eigenvalue weighted by Gasteiger charge is -2.39. The van der Waals surface area contributed by atoms with E-state index < -0.39 is 16.0 Å². The van der Waals surface area contributed by atoms with Crippen molar-refractivity contribution in [1.29, 1.82) is 0 Å². The molecule has 4 N–H and O–H groups in total. The molecule has 0 aliphatic heterocycles. The van der Waals surface area contributed by atoms with Gasteiger partial charge in [0.1, 0.15) is 0 Å². The Hall–Kier alpha value is -1.64. The van der Waals surface area contributed by atoms with Crippen molar-refractivity contribution in [2.24, 2.45) is 5.14 Å². The number of carboxylic acid groups (broad SMARTS) is 1. The second-order valence-corrected chi connectivity index (χ2v) is 6.59. The highest BCUT2D eigenvalue weighted by Gasteiger charge is 2.28. The third kappa shape index (κ3) is 3.34. The van der Waals surface area contributed by atoms with Gasteiger partial charge in [0.25, 0.3) is 0 Å². The van der Waals surface area contributed by atoms with Gasteiger partial charge < -0.3 is 15.1 Å². The average molecular weight is 314 g/mol. The fourth-order valence-electron chi connectivity index (χ4n) is 2.42. The molecule has 21 heavy (non-hydrogen) atoms. The van der Waals surface area contributed by atoms with Crippen LogP contribution in [0.5, 0.6) is 0 Å². The van der Waals surface area contributed by atoms with Crippen LogP contribution < -0.4 is 10.0 Å². The van der Waals surface area contributed by atoms with Gasteiger partial charge >= 0.3 is 5.97 Å². The molecule has 0 bridgehead atoms. The molecule has 1 aliphatic carbocycles. The summed E-state index contributed by atoms with van der Waals surface area (Å²) >= 11 is 0. The van der Waals surface area contributed by atoms with E-state index in [2.05, 4.69) is 0 Å². The SMILES string of the molecule is NS(=O)(=O)c1ccc(N(CCO)C2CCC2)c(C(=O)O)c1. The molecule has 7 nitrogen and oxygen atoms in total.